The number of hydrogen-bond acceptors (Lipinski definition) is 2. The number of benzene rings is 1. The van der Waals surface area contributed by atoms with Crippen LogP contribution in [0.1, 0.15) is 50.0 Å². The van der Waals surface area contributed by atoms with Gasteiger partial charge in [0.1, 0.15) is 0 Å². The van der Waals surface area contributed by atoms with E-state index in [9.17, 15) is 4.79 Å². The zero-order valence-corrected chi connectivity index (χ0v) is 13.3. The average Bonchev–Trinajstić information content (AvgIpc) is 3.20. The van der Waals surface area contributed by atoms with Crippen molar-refractivity contribution < 1.29 is 4.79 Å². The molecule has 1 heterocycles. The molecule has 2 aromatic rings. The van der Waals surface area contributed by atoms with Crippen LogP contribution >= 0.6 is 11.6 Å². The van der Waals surface area contributed by atoms with E-state index < -0.39 is 0 Å². The summed E-state index contributed by atoms with van der Waals surface area (Å²) in [5.74, 6) is 0.610. The number of nitrogens with one attached hydrogen (secondary N) is 1. The summed E-state index contributed by atoms with van der Waals surface area (Å²) in [5.41, 5.74) is 2.36. The second-order valence-electron chi connectivity index (χ2n) is 6.15. The Morgan fingerprint density at radius 3 is 2.71 bits per heavy atom. The lowest BCUT2D eigenvalue weighted by atomic mass is 10.1. The molecule has 1 aromatic carbocycles. The van der Waals surface area contributed by atoms with Gasteiger partial charge >= 0.3 is 0 Å². The van der Waals surface area contributed by atoms with Crippen molar-refractivity contribution in [3.05, 3.63) is 29.0 Å². The number of hydrogen-bond donors (Lipinski definition) is 1. The zero-order chi connectivity index (χ0) is 15.1. The molecule has 0 spiro atoms. The smallest absolute Gasteiger partial charge is 0.251 e. The van der Waals surface area contributed by atoms with Gasteiger partial charge in [-0.2, -0.15) is 0 Å². The van der Waals surface area contributed by atoms with Gasteiger partial charge in [0.25, 0.3) is 5.91 Å². The van der Waals surface area contributed by atoms with Crippen molar-refractivity contribution in [2.45, 2.75) is 45.7 Å². The van der Waals surface area contributed by atoms with Crippen LogP contribution in [-0.2, 0) is 0 Å². The molecular formula is C16H20ClN3O. The van der Waals surface area contributed by atoms with Gasteiger partial charge in [-0.25, -0.2) is 4.98 Å². The van der Waals surface area contributed by atoms with Gasteiger partial charge < -0.3 is 9.88 Å². The van der Waals surface area contributed by atoms with Gasteiger partial charge in [0, 0.05) is 17.6 Å². The molecular weight excluding hydrogens is 286 g/mol. The number of aromatic nitrogens is 2. The third-order valence-corrected chi connectivity index (χ3v) is 4.38. The number of fused-ring (bicyclic) bond motifs is 1. The summed E-state index contributed by atoms with van der Waals surface area (Å²) in [4.78, 5) is 16.6. The minimum Gasteiger partial charge on any atom is -0.349 e. The molecule has 21 heavy (non-hydrogen) atoms. The molecule has 1 atom stereocenters. The van der Waals surface area contributed by atoms with Crippen LogP contribution in [0.25, 0.3) is 11.0 Å². The molecule has 0 radical (unpaired) electrons. The molecule has 0 saturated heterocycles. The fraction of sp³-hybridized carbons (Fsp3) is 0.500. The van der Waals surface area contributed by atoms with Crippen LogP contribution in [0.2, 0.25) is 5.28 Å². The molecule has 1 fully saturated rings. The molecule has 1 aromatic heterocycles. The SMILES string of the molecule is CC(C)n1c(Cl)nc2cc(C(=O)N[C@@H](C)C3CC3)ccc21. The number of halogens is 1. The van der Waals surface area contributed by atoms with E-state index >= 15 is 0 Å². The van der Waals surface area contributed by atoms with Crippen LogP contribution in [0, 0.1) is 5.92 Å². The quantitative estimate of drug-likeness (QED) is 0.934. The molecule has 1 aliphatic carbocycles. The van der Waals surface area contributed by atoms with Crippen LogP contribution in [0.5, 0.6) is 0 Å². The molecule has 1 aliphatic rings. The van der Waals surface area contributed by atoms with Crippen LogP contribution in [-0.4, -0.2) is 21.5 Å². The Labute approximate surface area is 129 Å². The van der Waals surface area contributed by atoms with Crippen molar-refractivity contribution >= 4 is 28.5 Å². The lowest BCUT2D eigenvalue weighted by Crippen LogP contribution is -2.33. The summed E-state index contributed by atoms with van der Waals surface area (Å²) >= 11 is 6.18. The normalized spacial score (nSPS) is 16.4. The van der Waals surface area contributed by atoms with Crippen molar-refractivity contribution in [1.29, 1.82) is 0 Å². The fourth-order valence-electron chi connectivity index (χ4n) is 2.71. The van der Waals surface area contributed by atoms with Gasteiger partial charge in [-0.3, -0.25) is 4.79 Å². The summed E-state index contributed by atoms with van der Waals surface area (Å²) in [5, 5.41) is 3.52. The molecule has 112 valence electrons. The summed E-state index contributed by atoms with van der Waals surface area (Å²) < 4.78 is 1.96. The minimum atomic E-state index is -0.0356. The van der Waals surface area contributed by atoms with E-state index in [1.54, 1.807) is 0 Å². The van der Waals surface area contributed by atoms with Gasteiger partial charge in [0.15, 0.2) is 0 Å². The summed E-state index contributed by atoms with van der Waals surface area (Å²) in [7, 11) is 0. The number of amides is 1. The Morgan fingerprint density at radius 2 is 2.10 bits per heavy atom. The fourth-order valence-corrected chi connectivity index (χ4v) is 3.08. The Morgan fingerprint density at radius 1 is 1.38 bits per heavy atom. The van der Waals surface area contributed by atoms with Gasteiger partial charge in [0.2, 0.25) is 5.28 Å². The van der Waals surface area contributed by atoms with Gasteiger partial charge in [0.05, 0.1) is 11.0 Å². The molecule has 1 amide bonds. The van der Waals surface area contributed by atoms with Crippen molar-refractivity contribution in [1.82, 2.24) is 14.9 Å². The summed E-state index contributed by atoms with van der Waals surface area (Å²) in [6.07, 6.45) is 2.43. The highest BCUT2D eigenvalue weighted by Gasteiger charge is 2.29. The highest BCUT2D eigenvalue weighted by molar-refractivity contribution is 6.29. The van der Waals surface area contributed by atoms with E-state index in [1.165, 1.54) is 12.8 Å². The van der Waals surface area contributed by atoms with E-state index in [0.29, 0.717) is 16.8 Å². The Bertz CT molecular complexity index is 688. The van der Waals surface area contributed by atoms with E-state index in [0.717, 1.165) is 11.0 Å². The average molecular weight is 306 g/mol. The monoisotopic (exact) mass is 305 g/mol. The minimum absolute atomic E-state index is 0.0356. The van der Waals surface area contributed by atoms with Crippen molar-refractivity contribution in [2.75, 3.05) is 0 Å². The number of rotatable bonds is 4. The molecule has 4 nitrogen and oxygen atoms in total. The van der Waals surface area contributed by atoms with E-state index in [-0.39, 0.29) is 18.0 Å². The van der Waals surface area contributed by atoms with E-state index in [4.69, 9.17) is 11.6 Å². The first-order valence-electron chi connectivity index (χ1n) is 7.45. The first kappa shape index (κ1) is 14.4. The van der Waals surface area contributed by atoms with E-state index in [2.05, 4.69) is 31.1 Å². The number of nitrogens with zero attached hydrogens (tertiary/aromatic N) is 2. The van der Waals surface area contributed by atoms with Gasteiger partial charge in [-0.1, -0.05) is 0 Å². The van der Waals surface area contributed by atoms with E-state index in [1.807, 2.05) is 22.8 Å². The maximum absolute atomic E-state index is 12.3. The maximum atomic E-state index is 12.3. The van der Waals surface area contributed by atoms with Crippen LogP contribution in [0.3, 0.4) is 0 Å². The highest BCUT2D eigenvalue weighted by Crippen LogP contribution is 2.32. The number of carbonyl (C=O) groups is 1. The molecule has 0 aliphatic heterocycles. The maximum Gasteiger partial charge on any atom is 0.251 e. The Kier molecular flexibility index (Phi) is 3.66. The summed E-state index contributed by atoms with van der Waals surface area (Å²) in [6.45, 7) is 6.19. The molecule has 0 unspecified atom stereocenters. The first-order chi connectivity index (χ1) is 9.97. The van der Waals surface area contributed by atoms with Crippen molar-refractivity contribution in [3.63, 3.8) is 0 Å². The highest BCUT2D eigenvalue weighted by atomic mass is 35.5. The number of carbonyl (C=O) groups excluding carboxylic acids is 1. The molecule has 3 rings (SSSR count). The second kappa shape index (κ2) is 5.34. The van der Waals surface area contributed by atoms with Gasteiger partial charge in [-0.05, 0) is 69.3 Å². The predicted octanol–water partition coefficient (Wildman–Crippen LogP) is 3.80. The Balaban J connectivity index is 1.88. The van der Waals surface area contributed by atoms with Crippen molar-refractivity contribution in [2.24, 2.45) is 5.92 Å². The predicted molar refractivity (Wildman–Crippen MR) is 84.8 cm³/mol. The molecule has 1 saturated carbocycles. The van der Waals surface area contributed by atoms with Crippen LogP contribution < -0.4 is 5.32 Å². The largest absolute Gasteiger partial charge is 0.349 e. The van der Waals surface area contributed by atoms with Gasteiger partial charge in [-0.15, -0.1) is 0 Å². The first-order valence-corrected chi connectivity index (χ1v) is 7.83. The lowest BCUT2D eigenvalue weighted by Gasteiger charge is -2.13. The third kappa shape index (κ3) is 2.77. The number of imidazole rings is 1. The van der Waals surface area contributed by atoms with Crippen molar-refractivity contribution in [3.8, 4) is 0 Å². The second-order valence-corrected chi connectivity index (χ2v) is 6.49. The standard InChI is InChI=1S/C16H20ClN3O/c1-9(2)20-14-7-6-12(8-13(14)19-16(20)17)15(21)18-10(3)11-4-5-11/h6-11H,4-5H2,1-3H3,(H,18,21)/t10-/m0/s1. The Hall–Kier alpha value is -1.55. The molecule has 1 N–H and O–H groups in total. The van der Waals surface area contributed by atoms with Crippen LogP contribution in [0.15, 0.2) is 18.2 Å². The lowest BCUT2D eigenvalue weighted by molar-refractivity contribution is 0.0936. The third-order valence-electron chi connectivity index (χ3n) is 4.11. The zero-order valence-electron chi connectivity index (χ0n) is 12.6. The summed E-state index contributed by atoms with van der Waals surface area (Å²) in [6, 6.07) is 6.05. The molecule has 5 heteroatoms. The van der Waals surface area contributed by atoms with Crippen LogP contribution in [0.4, 0.5) is 0 Å². The molecule has 0 bridgehead atoms. The topological polar surface area (TPSA) is 46.9 Å².